The number of piperidine rings is 1. The SMILES string of the molecule is Cc1ccc(NC(=O)[C@@H]2CCCN(Cc3ccncc3)C2)nc1. The van der Waals surface area contributed by atoms with Crippen LogP contribution in [0.5, 0.6) is 0 Å². The average molecular weight is 310 g/mol. The van der Waals surface area contributed by atoms with Gasteiger partial charge in [-0.3, -0.25) is 14.7 Å². The molecule has 1 atom stereocenters. The largest absolute Gasteiger partial charge is 0.310 e. The molecule has 3 heterocycles. The van der Waals surface area contributed by atoms with Crippen LogP contribution in [0.3, 0.4) is 0 Å². The Hall–Kier alpha value is -2.27. The Balaban J connectivity index is 1.57. The summed E-state index contributed by atoms with van der Waals surface area (Å²) < 4.78 is 0. The number of hydrogen-bond acceptors (Lipinski definition) is 4. The van der Waals surface area contributed by atoms with Crippen molar-refractivity contribution < 1.29 is 4.79 Å². The van der Waals surface area contributed by atoms with E-state index in [9.17, 15) is 4.79 Å². The van der Waals surface area contributed by atoms with Gasteiger partial charge in [0.15, 0.2) is 0 Å². The van der Waals surface area contributed by atoms with Gasteiger partial charge in [-0.05, 0) is 55.6 Å². The molecule has 0 bridgehead atoms. The molecule has 1 aliphatic rings. The third-order valence-electron chi connectivity index (χ3n) is 4.19. The van der Waals surface area contributed by atoms with Crippen molar-refractivity contribution >= 4 is 11.7 Å². The maximum atomic E-state index is 12.5. The monoisotopic (exact) mass is 310 g/mol. The maximum absolute atomic E-state index is 12.5. The van der Waals surface area contributed by atoms with E-state index in [0.29, 0.717) is 5.82 Å². The smallest absolute Gasteiger partial charge is 0.229 e. The molecule has 1 N–H and O–H groups in total. The minimum atomic E-state index is 0.0219. The van der Waals surface area contributed by atoms with E-state index in [-0.39, 0.29) is 11.8 Å². The minimum Gasteiger partial charge on any atom is -0.310 e. The summed E-state index contributed by atoms with van der Waals surface area (Å²) in [5.41, 5.74) is 2.32. The summed E-state index contributed by atoms with van der Waals surface area (Å²) in [4.78, 5) is 23.1. The van der Waals surface area contributed by atoms with Gasteiger partial charge in [-0.1, -0.05) is 6.07 Å². The summed E-state index contributed by atoms with van der Waals surface area (Å²) in [7, 11) is 0. The van der Waals surface area contributed by atoms with Crippen molar-refractivity contribution in [3.63, 3.8) is 0 Å². The van der Waals surface area contributed by atoms with Gasteiger partial charge < -0.3 is 5.32 Å². The predicted octanol–water partition coefficient (Wildman–Crippen LogP) is 2.64. The first-order valence-electron chi connectivity index (χ1n) is 8.05. The van der Waals surface area contributed by atoms with Crippen LogP contribution in [0.15, 0.2) is 42.9 Å². The molecule has 23 heavy (non-hydrogen) atoms. The highest BCUT2D eigenvalue weighted by atomic mass is 16.2. The van der Waals surface area contributed by atoms with Gasteiger partial charge in [0.2, 0.25) is 5.91 Å². The van der Waals surface area contributed by atoms with Crippen molar-refractivity contribution in [3.05, 3.63) is 54.0 Å². The first kappa shape index (κ1) is 15.6. The van der Waals surface area contributed by atoms with E-state index in [1.54, 1.807) is 6.20 Å². The van der Waals surface area contributed by atoms with Crippen LogP contribution in [0.25, 0.3) is 0 Å². The molecular formula is C18H22N4O. The minimum absolute atomic E-state index is 0.0219. The fourth-order valence-electron chi connectivity index (χ4n) is 2.93. The van der Waals surface area contributed by atoms with E-state index in [2.05, 4.69) is 20.2 Å². The van der Waals surface area contributed by atoms with Gasteiger partial charge in [-0.2, -0.15) is 0 Å². The second kappa shape index (κ2) is 7.33. The number of nitrogens with zero attached hydrogens (tertiary/aromatic N) is 3. The third kappa shape index (κ3) is 4.36. The molecule has 1 fully saturated rings. The molecule has 0 saturated carbocycles. The van der Waals surface area contributed by atoms with Crippen LogP contribution >= 0.6 is 0 Å². The van der Waals surface area contributed by atoms with Crippen molar-refractivity contribution in [2.24, 2.45) is 5.92 Å². The molecule has 0 aromatic carbocycles. The topological polar surface area (TPSA) is 58.1 Å². The Morgan fingerprint density at radius 1 is 1.30 bits per heavy atom. The van der Waals surface area contributed by atoms with Crippen LogP contribution in [0, 0.1) is 12.8 Å². The van der Waals surface area contributed by atoms with Crippen LogP contribution < -0.4 is 5.32 Å². The number of pyridine rings is 2. The Kier molecular flexibility index (Phi) is 4.98. The number of amides is 1. The van der Waals surface area contributed by atoms with E-state index >= 15 is 0 Å². The molecule has 3 rings (SSSR count). The summed E-state index contributed by atoms with van der Waals surface area (Å²) in [5.74, 6) is 0.723. The highest BCUT2D eigenvalue weighted by molar-refractivity contribution is 5.91. The van der Waals surface area contributed by atoms with E-state index in [1.807, 2.05) is 43.6 Å². The number of nitrogens with one attached hydrogen (secondary N) is 1. The normalized spacial score (nSPS) is 18.6. The molecule has 2 aromatic rings. The number of anilines is 1. The highest BCUT2D eigenvalue weighted by Gasteiger charge is 2.26. The third-order valence-corrected chi connectivity index (χ3v) is 4.19. The van der Waals surface area contributed by atoms with Crippen LogP contribution in [0.1, 0.15) is 24.0 Å². The molecule has 0 spiro atoms. The van der Waals surface area contributed by atoms with Crippen LogP contribution in [0.4, 0.5) is 5.82 Å². The summed E-state index contributed by atoms with van der Waals surface area (Å²) in [6.07, 6.45) is 7.38. The van der Waals surface area contributed by atoms with Crippen molar-refractivity contribution in [2.45, 2.75) is 26.3 Å². The molecule has 1 amide bonds. The average Bonchev–Trinajstić information content (AvgIpc) is 2.58. The summed E-state index contributed by atoms with van der Waals surface area (Å²) in [6.45, 7) is 4.68. The van der Waals surface area contributed by atoms with Crippen molar-refractivity contribution in [3.8, 4) is 0 Å². The zero-order chi connectivity index (χ0) is 16.1. The summed E-state index contributed by atoms with van der Waals surface area (Å²) in [6, 6.07) is 7.86. The van der Waals surface area contributed by atoms with Crippen LogP contribution in [0.2, 0.25) is 0 Å². The van der Waals surface area contributed by atoms with Gasteiger partial charge in [0.05, 0.1) is 5.92 Å². The zero-order valence-electron chi connectivity index (χ0n) is 13.4. The van der Waals surface area contributed by atoms with Gasteiger partial charge in [-0.25, -0.2) is 4.98 Å². The first-order valence-corrected chi connectivity index (χ1v) is 8.05. The number of carbonyl (C=O) groups is 1. The molecule has 0 unspecified atom stereocenters. The molecule has 120 valence electrons. The number of hydrogen-bond donors (Lipinski definition) is 1. The van der Waals surface area contributed by atoms with E-state index in [4.69, 9.17) is 0 Å². The van der Waals surface area contributed by atoms with Crippen LogP contribution in [-0.2, 0) is 11.3 Å². The van der Waals surface area contributed by atoms with Gasteiger partial charge in [-0.15, -0.1) is 0 Å². The summed E-state index contributed by atoms with van der Waals surface area (Å²) >= 11 is 0. The van der Waals surface area contributed by atoms with Crippen molar-refractivity contribution in [1.29, 1.82) is 0 Å². The molecule has 0 radical (unpaired) electrons. The molecule has 5 nitrogen and oxygen atoms in total. The predicted molar refractivity (Wildman–Crippen MR) is 89.8 cm³/mol. The number of aromatic nitrogens is 2. The molecule has 1 aliphatic heterocycles. The number of likely N-dealkylation sites (tertiary alicyclic amines) is 1. The molecular weight excluding hydrogens is 288 g/mol. The van der Waals surface area contributed by atoms with E-state index in [0.717, 1.165) is 38.0 Å². The lowest BCUT2D eigenvalue weighted by Crippen LogP contribution is -2.40. The lowest BCUT2D eigenvalue weighted by Gasteiger charge is -2.31. The van der Waals surface area contributed by atoms with Crippen molar-refractivity contribution in [2.75, 3.05) is 18.4 Å². The summed E-state index contributed by atoms with van der Waals surface area (Å²) in [5, 5.41) is 2.94. The standard InChI is InChI=1S/C18H22N4O/c1-14-4-5-17(20-11-14)21-18(23)16-3-2-10-22(13-16)12-15-6-8-19-9-7-15/h4-9,11,16H,2-3,10,12-13H2,1H3,(H,20,21,23)/t16-/m1/s1. The zero-order valence-corrected chi connectivity index (χ0v) is 13.4. The Morgan fingerprint density at radius 3 is 2.87 bits per heavy atom. The van der Waals surface area contributed by atoms with Crippen molar-refractivity contribution in [1.82, 2.24) is 14.9 Å². The number of carbonyl (C=O) groups excluding carboxylic acids is 1. The first-order chi connectivity index (χ1) is 11.2. The Morgan fingerprint density at radius 2 is 2.13 bits per heavy atom. The fourth-order valence-corrected chi connectivity index (χ4v) is 2.93. The van der Waals surface area contributed by atoms with E-state index < -0.39 is 0 Å². The van der Waals surface area contributed by atoms with Gasteiger partial charge in [0.25, 0.3) is 0 Å². The fraction of sp³-hybridized carbons (Fsp3) is 0.389. The molecule has 5 heteroatoms. The second-order valence-corrected chi connectivity index (χ2v) is 6.14. The molecule has 2 aromatic heterocycles. The second-order valence-electron chi connectivity index (χ2n) is 6.14. The van der Waals surface area contributed by atoms with Crippen LogP contribution in [-0.4, -0.2) is 33.9 Å². The number of rotatable bonds is 4. The van der Waals surface area contributed by atoms with Gasteiger partial charge in [0, 0.05) is 31.7 Å². The van der Waals surface area contributed by atoms with Gasteiger partial charge in [0.1, 0.15) is 5.82 Å². The van der Waals surface area contributed by atoms with Gasteiger partial charge >= 0.3 is 0 Å². The highest BCUT2D eigenvalue weighted by Crippen LogP contribution is 2.20. The van der Waals surface area contributed by atoms with E-state index in [1.165, 1.54) is 5.56 Å². The molecule has 1 saturated heterocycles. The lowest BCUT2D eigenvalue weighted by atomic mass is 9.96. The molecule has 0 aliphatic carbocycles. The Bertz CT molecular complexity index is 642. The lowest BCUT2D eigenvalue weighted by molar-refractivity contribution is -0.121. The maximum Gasteiger partial charge on any atom is 0.229 e. The Labute approximate surface area is 136 Å². The quantitative estimate of drug-likeness (QED) is 0.943. The number of aryl methyl sites for hydroxylation is 1.